The van der Waals surface area contributed by atoms with E-state index in [4.69, 9.17) is 5.10 Å². The van der Waals surface area contributed by atoms with Gasteiger partial charge in [0, 0.05) is 5.57 Å². The summed E-state index contributed by atoms with van der Waals surface area (Å²) in [5.74, 6) is -0.270. The summed E-state index contributed by atoms with van der Waals surface area (Å²) in [5.41, 5.74) is 7.59. The highest BCUT2D eigenvalue weighted by Crippen LogP contribution is 2.58. The zero-order chi connectivity index (χ0) is 27.1. The third-order valence-corrected chi connectivity index (χ3v) is 8.04. The molecular formula is C37H28N2O. The molecule has 3 nitrogen and oxygen atoms in total. The van der Waals surface area contributed by atoms with Gasteiger partial charge in [-0.2, -0.15) is 5.10 Å². The lowest BCUT2D eigenvalue weighted by molar-refractivity contribution is -0.118. The number of nitrogens with zero attached hydrogens (tertiary/aromatic N) is 2. The number of rotatable bonds is 4. The summed E-state index contributed by atoms with van der Waals surface area (Å²) >= 11 is 0. The Bertz CT molecular complexity index is 1760. The molecule has 1 heterocycles. The first-order chi connectivity index (χ1) is 19.7. The van der Waals surface area contributed by atoms with Crippen molar-refractivity contribution in [2.24, 2.45) is 5.10 Å². The molecular weight excluding hydrogens is 488 g/mol. The number of benzene rings is 5. The molecule has 3 heteroatoms. The zero-order valence-electron chi connectivity index (χ0n) is 22.2. The molecule has 0 fully saturated rings. The fourth-order valence-corrected chi connectivity index (χ4v) is 6.24. The van der Waals surface area contributed by atoms with Gasteiger partial charge >= 0.3 is 0 Å². The van der Waals surface area contributed by atoms with Crippen molar-refractivity contribution >= 4 is 28.8 Å². The highest BCUT2D eigenvalue weighted by molar-refractivity contribution is 6.36. The first kappa shape index (κ1) is 24.1. The van der Waals surface area contributed by atoms with Crippen LogP contribution in [0, 0.1) is 6.92 Å². The van der Waals surface area contributed by atoms with Crippen LogP contribution in [0.5, 0.6) is 0 Å². The van der Waals surface area contributed by atoms with Gasteiger partial charge in [0.1, 0.15) is 0 Å². The smallest absolute Gasteiger partial charge is 0.196 e. The second kappa shape index (κ2) is 9.62. The van der Waals surface area contributed by atoms with E-state index in [1.54, 1.807) is 0 Å². The van der Waals surface area contributed by atoms with Crippen LogP contribution in [0.15, 0.2) is 145 Å². The average molecular weight is 517 g/mol. The number of carbonyl (C=O) groups excluding carboxylic acids is 1. The van der Waals surface area contributed by atoms with Crippen molar-refractivity contribution in [3.63, 3.8) is 0 Å². The molecule has 0 aromatic heterocycles. The Balaban J connectivity index is 1.56. The van der Waals surface area contributed by atoms with Crippen molar-refractivity contribution in [3.8, 4) is 0 Å². The number of hydrogen-bond acceptors (Lipinski definition) is 3. The quantitative estimate of drug-likeness (QED) is 0.227. The van der Waals surface area contributed by atoms with E-state index in [2.05, 4.69) is 55.5 Å². The van der Waals surface area contributed by atoms with Crippen molar-refractivity contribution in [1.82, 2.24) is 0 Å². The predicted octanol–water partition coefficient (Wildman–Crippen LogP) is 8.02. The third kappa shape index (κ3) is 3.66. The first-order valence-electron chi connectivity index (χ1n) is 13.6. The average Bonchev–Trinajstić information content (AvgIpc) is 3.49. The van der Waals surface area contributed by atoms with Crippen molar-refractivity contribution in [1.29, 1.82) is 0 Å². The number of ketones is 1. The largest absolute Gasteiger partial charge is 0.291 e. The molecule has 1 spiro atoms. The summed E-state index contributed by atoms with van der Waals surface area (Å²) in [4.78, 5) is 15.2. The van der Waals surface area contributed by atoms with E-state index in [0.29, 0.717) is 5.57 Å². The van der Waals surface area contributed by atoms with Gasteiger partial charge in [0.2, 0.25) is 0 Å². The summed E-state index contributed by atoms with van der Waals surface area (Å²) in [6.45, 7) is 2.09. The van der Waals surface area contributed by atoms with E-state index >= 15 is 4.79 Å². The van der Waals surface area contributed by atoms with Crippen LogP contribution in [0.1, 0.15) is 39.3 Å². The van der Waals surface area contributed by atoms with Gasteiger partial charge in [0.15, 0.2) is 11.3 Å². The fourth-order valence-electron chi connectivity index (χ4n) is 6.24. The Labute approximate surface area is 234 Å². The number of hydrazone groups is 1. The third-order valence-electron chi connectivity index (χ3n) is 8.04. The first-order valence-corrected chi connectivity index (χ1v) is 13.6. The Morgan fingerprint density at radius 2 is 1.30 bits per heavy atom. The van der Waals surface area contributed by atoms with Crippen LogP contribution in [-0.2, 0) is 10.3 Å². The summed E-state index contributed by atoms with van der Waals surface area (Å²) < 4.78 is 0. The number of carbonyl (C=O) groups is 1. The second-order valence-electron chi connectivity index (χ2n) is 10.5. The van der Waals surface area contributed by atoms with Crippen LogP contribution >= 0.6 is 0 Å². The van der Waals surface area contributed by atoms with Crippen LogP contribution in [0.25, 0.3) is 11.6 Å². The Morgan fingerprint density at radius 3 is 2.00 bits per heavy atom. The van der Waals surface area contributed by atoms with E-state index in [0.717, 1.165) is 39.2 Å². The van der Waals surface area contributed by atoms with Gasteiger partial charge < -0.3 is 0 Å². The molecule has 2 aliphatic rings. The Kier molecular flexibility index (Phi) is 5.78. The molecule has 5 aromatic rings. The fraction of sp³-hybridized carbons (Fsp3) is 0.0811. The van der Waals surface area contributed by atoms with E-state index in [1.165, 1.54) is 5.56 Å². The maximum atomic E-state index is 15.2. The van der Waals surface area contributed by atoms with Gasteiger partial charge in [-0.25, -0.2) is 5.01 Å². The summed E-state index contributed by atoms with van der Waals surface area (Å²) in [7, 11) is 0. The number of fused-ring (bicyclic) bond motifs is 2. The molecule has 0 bridgehead atoms. The summed E-state index contributed by atoms with van der Waals surface area (Å²) in [6.07, 6.45) is 2.03. The molecule has 1 aliphatic carbocycles. The molecule has 2 atom stereocenters. The Hall–Kier alpha value is -5.02. The molecule has 0 unspecified atom stereocenters. The maximum absolute atomic E-state index is 15.2. The second-order valence-corrected chi connectivity index (χ2v) is 10.5. The summed E-state index contributed by atoms with van der Waals surface area (Å²) in [6, 6.07) is 47.3. The lowest BCUT2D eigenvalue weighted by Crippen LogP contribution is -2.49. The lowest BCUT2D eigenvalue weighted by atomic mass is 9.71. The van der Waals surface area contributed by atoms with Crippen LogP contribution < -0.4 is 5.01 Å². The van der Waals surface area contributed by atoms with Crippen LogP contribution in [-0.4, -0.2) is 11.5 Å². The molecule has 0 saturated carbocycles. The SMILES string of the molecule is Cc1ccc(C2=NN(c3ccccc3)[C@]3(C(=O)/C(=C/c4ccccc4)c4ccccc43)[C@@H]2c2ccccc2)cc1. The number of hydrogen-bond donors (Lipinski definition) is 0. The minimum absolute atomic E-state index is 0.0566. The van der Waals surface area contributed by atoms with Gasteiger partial charge in [0.05, 0.1) is 17.3 Å². The van der Waals surface area contributed by atoms with Gasteiger partial charge in [-0.1, -0.05) is 133 Å². The zero-order valence-corrected chi connectivity index (χ0v) is 22.2. The van der Waals surface area contributed by atoms with Crippen LogP contribution in [0.2, 0.25) is 0 Å². The molecule has 0 radical (unpaired) electrons. The van der Waals surface area contributed by atoms with Crippen LogP contribution in [0.3, 0.4) is 0 Å². The number of Topliss-reactive ketones (excluding diaryl/α,β-unsaturated/α-hetero) is 1. The predicted molar refractivity (Wildman–Crippen MR) is 163 cm³/mol. The van der Waals surface area contributed by atoms with E-state index in [1.807, 2.05) is 102 Å². The highest BCUT2D eigenvalue weighted by Gasteiger charge is 2.63. The maximum Gasteiger partial charge on any atom is 0.196 e. The van der Waals surface area contributed by atoms with E-state index < -0.39 is 5.54 Å². The molecule has 0 amide bonds. The van der Waals surface area contributed by atoms with Gasteiger partial charge in [-0.15, -0.1) is 0 Å². The number of para-hydroxylation sites is 1. The van der Waals surface area contributed by atoms with Crippen molar-refractivity contribution in [2.45, 2.75) is 18.4 Å². The van der Waals surface area contributed by atoms with Gasteiger partial charge in [0.25, 0.3) is 0 Å². The van der Waals surface area contributed by atoms with Crippen molar-refractivity contribution < 1.29 is 4.79 Å². The topological polar surface area (TPSA) is 32.7 Å². The standard InChI is InChI=1S/C37H28N2O/c1-26-21-23-29(24-22-26)35-34(28-15-7-3-8-16-28)37(39(38-35)30-17-9-4-10-18-30)33-20-12-11-19-31(33)32(36(37)40)25-27-13-5-2-6-14-27/h2-25,34H,1H3/b32-25+/t34-,37+/m1/s1. The normalized spacial score (nSPS) is 20.7. The molecule has 5 aromatic carbocycles. The molecule has 0 N–H and O–H groups in total. The molecule has 192 valence electrons. The van der Waals surface area contributed by atoms with Crippen molar-refractivity contribution in [3.05, 3.63) is 173 Å². The molecule has 0 saturated heterocycles. The molecule has 1 aliphatic heterocycles. The van der Waals surface area contributed by atoms with Gasteiger partial charge in [-0.05, 0) is 52.9 Å². The number of anilines is 1. The van der Waals surface area contributed by atoms with E-state index in [-0.39, 0.29) is 11.7 Å². The molecule has 40 heavy (non-hydrogen) atoms. The summed E-state index contributed by atoms with van der Waals surface area (Å²) in [5, 5.41) is 7.34. The minimum Gasteiger partial charge on any atom is -0.291 e. The number of aryl methyl sites for hydroxylation is 1. The Morgan fingerprint density at radius 1 is 0.700 bits per heavy atom. The van der Waals surface area contributed by atoms with Crippen LogP contribution in [0.4, 0.5) is 5.69 Å². The van der Waals surface area contributed by atoms with Gasteiger partial charge in [-0.3, -0.25) is 4.79 Å². The van der Waals surface area contributed by atoms with Crippen molar-refractivity contribution in [2.75, 3.05) is 5.01 Å². The highest BCUT2D eigenvalue weighted by atomic mass is 16.1. The lowest BCUT2D eigenvalue weighted by Gasteiger charge is -2.38. The van der Waals surface area contributed by atoms with E-state index in [9.17, 15) is 0 Å². The minimum atomic E-state index is -1.08. The molecule has 7 rings (SSSR count). The monoisotopic (exact) mass is 516 g/mol.